The summed E-state index contributed by atoms with van der Waals surface area (Å²) >= 11 is 0. The molecule has 0 fully saturated rings. The van der Waals surface area contributed by atoms with Crippen molar-refractivity contribution in [1.29, 1.82) is 0 Å². The van der Waals surface area contributed by atoms with Crippen molar-refractivity contribution in [2.75, 3.05) is 5.32 Å². The first-order chi connectivity index (χ1) is 7.85. The van der Waals surface area contributed by atoms with E-state index in [1.54, 1.807) is 16.9 Å². The van der Waals surface area contributed by atoms with Crippen LogP contribution in [0.25, 0.3) is 5.65 Å². The molecular formula is C10H12N6. The molecule has 6 nitrogen and oxygen atoms in total. The van der Waals surface area contributed by atoms with Crippen LogP contribution in [0.15, 0.2) is 12.4 Å². The standard InChI is InChI=1S/C10H12N6/c1-3-5-8(4-2)12-9-6-11-7-10-13-14-15-16(9)10/h2,6-8,12H,3,5H2,1H3. The highest BCUT2D eigenvalue weighted by atomic mass is 15.5. The van der Waals surface area contributed by atoms with Crippen LogP contribution in [0.4, 0.5) is 5.82 Å². The van der Waals surface area contributed by atoms with Gasteiger partial charge in [-0.25, -0.2) is 0 Å². The summed E-state index contributed by atoms with van der Waals surface area (Å²) in [6.07, 6.45) is 10.6. The molecule has 0 bridgehead atoms. The number of aromatic nitrogens is 5. The molecule has 0 aromatic carbocycles. The van der Waals surface area contributed by atoms with Gasteiger partial charge in [-0.2, -0.15) is 4.52 Å². The summed E-state index contributed by atoms with van der Waals surface area (Å²) in [4.78, 5) is 4.04. The van der Waals surface area contributed by atoms with Crippen LogP contribution in [0.2, 0.25) is 0 Å². The predicted octanol–water partition coefficient (Wildman–Crippen LogP) is 0.733. The van der Waals surface area contributed by atoms with Crippen molar-refractivity contribution in [1.82, 2.24) is 25.0 Å². The van der Waals surface area contributed by atoms with Crippen LogP contribution in [-0.2, 0) is 0 Å². The first kappa shape index (κ1) is 10.4. The predicted molar refractivity (Wildman–Crippen MR) is 59.7 cm³/mol. The molecule has 0 spiro atoms. The van der Waals surface area contributed by atoms with Gasteiger partial charge in [0.2, 0.25) is 0 Å². The third kappa shape index (κ3) is 1.93. The zero-order chi connectivity index (χ0) is 11.4. The lowest BCUT2D eigenvalue weighted by molar-refractivity contribution is 0.739. The molecular weight excluding hydrogens is 204 g/mol. The van der Waals surface area contributed by atoms with Gasteiger partial charge >= 0.3 is 0 Å². The second-order valence-electron chi connectivity index (χ2n) is 3.39. The highest BCUT2D eigenvalue weighted by Crippen LogP contribution is 2.09. The lowest BCUT2D eigenvalue weighted by atomic mass is 10.2. The van der Waals surface area contributed by atoms with Crippen molar-refractivity contribution in [3.05, 3.63) is 12.4 Å². The molecule has 2 aromatic rings. The zero-order valence-electron chi connectivity index (χ0n) is 8.96. The van der Waals surface area contributed by atoms with Crippen molar-refractivity contribution in [3.63, 3.8) is 0 Å². The highest BCUT2D eigenvalue weighted by molar-refractivity contribution is 5.45. The summed E-state index contributed by atoms with van der Waals surface area (Å²) in [5.41, 5.74) is 0.595. The molecule has 16 heavy (non-hydrogen) atoms. The van der Waals surface area contributed by atoms with Gasteiger partial charge in [0.05, 0.1) is 18.4 Å². The van der Waals surface area contributed by atoms with Gasteiger partial charge in [-0.05, 0) is 16.8 Å². The van der Waals surface area contributed by atoms with E-state index in [-0.39, 0.29) is 6.04 Å². The number of hydrogen-bond acceptors (Lipinski definition) is 5. The van der Waals surface area contributed by atoms with Crippen molar-refractivity contribution in [2.24, 2.45) is 0 Å². The number of nitrogens with one attached hydrogen (secondary N) is 1. The SMILES string of the molecule is C#CC(CCC)Nc1cncc2nnnn12. The Bertz CT molecular complexity index is 511. The largest absolute Gasteiger partial charge is 0.355 e. The van der Waals surface area contributed by atoms with Crippen LogP contribution in [0.3, 0.4) is 0 Å². The number of anilines is 1. The Balaban J connectivity index is 2.26. The number of tetrazole rings is 1. The first-order valence-electron chi connectivity index (χ1n) is 5.10. The topological polar surface area (TPSA) is 68.0 Å². The molecule has 2 heterocycles. The molecule has 6 heteroatoms. The summed E-state index contributed by atoms with van der Waals surface area (Å²) in [6, 6.07) is -0.0263. The normalized spacial score (nSPS) is 12.2. The minimum Gasteiger partial charge on any atom is -0.355 e. The second-order valence-corrected chi connectivity index (χ2v) is 3.39. The van der Waals surface area contributed by atoms with Gasteiger partial charge in [-0.3, -0.25) is 4.98 Å². The van der Waals surface area contributed by atoms with Crippen LogP contribution in [0.5, 0.6) is 0 Å². The lowest BCUT2D eigenvalue weighted by Crippen LogP contribution is -2.19. The average Bonchev–Trinajstić information content (AvgIpc) is 2.77. The van der Waals surface area contributed by atoms with Crippen LogP contribution in [0, 0.1) is 12.3 Å². The monoisotopic (exact) mass is 216 g/mol. The first-order valence-corrected chi connectivity index (χ1v) is 5.10. The maximum atomic E-state index is 5.43. The minimum atomic E-state index is -0.0263. The van der Waals surface area contributed by atoms with Crippen molar-refractivity contribution in [2.45, 2.75) is 25.8 Å². The number of hydrogen-bond donors (Lipinski definition) is 1. The third-order valence-electron chi connectivity index (χ3n) is 2.21. The van der Waals surface area contributed by atoms with Crippen LogP contribution < -0.4 is 5.32 Å². The zero-order valence-corrected chi connectivity index (χ0v) is 8.96. The molecule has 0 saturated heterocycles. The molecule has 1 unspecified atom stereocenters. The number of nitrogens with zero attached hydrogens (tertiary/aromatic N) is 5. The molecule has 2 aromatic heterocycles. The fourth-order valence-corrected chi connectivity index (χ4v) is 1.44. The average molecular weight is 216 g/mol. The van der Waals surface area contributed by atoms with E-state index in [4.69, 9.17) is 6.42 Å². The van der Waals surface area contributed by atoms with E-state index in [2.05, 4.69) is 38.7 Å². The Labute approximate surface area is 93.1 Å². The summed E-state index contributed by atoms with van der Waals surface area (Å²) in [5, 5.41) is 14.4. The Morgan fingerprint density at radius 2 is 2.44 bits per heavy atom. The number of terminal acetylenes is 1. The van der Waals surface area contributed by atoms with E-state index in [9.17, 15) is 0 Å². The minimum absolute atomic E-state index is 0.0263. The summed E-state index contributed by atoms with van der Waals surface area (Å²) in [5.74, 6) is 3.39. The van der Waals surface area contributed by atoms with E-state index in [1.165, 1.54) is 0 Å². The second kappa shape index (κ2) is 4.57. The van der Waals surface area contributed by atoms with E-state index < -0.39 is 0 Å². The van der Waals surface area contributed by atoms with Crippen molar-refractivity contribution < 1.29 is 0 Å². The molecule has 1 N–H and O–H groups in total. The molecule has 2 rings (SSSR count). The summed E-state index contributed by atoms with van der Waals surface area (Å²) < 4.78 is 1.58. The molecule has 82 valence electrons. The van der Waals surface area contributed by atoms with Crippen LogP contribution in [0.1, 0.15) is 19.8 Å². The maximum absolute atomic E-state index is 5.43. The molecule has 1 atom stereocenters. The van der Waals surface area contributed by atoms with Crippen molar-refractivity contribution >= 4 is 11.5 Å². The van der Waals surface area contributed by atoms with Gasteiger partial charge < -0.3 is 5.32 Å². The highest BCUT2D eigenvalue weighted by Gasteiger charge is 2.08. The molecule has 0 aliphatic rings. The van der Waals surface area contributed by atoms with E-state index in [1.807, 2.05) is 0 Å². The number of rotatable bonds is 4. The van der Waals surface area contributed by atoms with Crippen molar-refractivity contribution in [3.8, 4) is 12.3 Å². The third-order valence-corrected chi connectivity index (χ3v) is 2.21. The van der Waals surface area contributed by atoms with Gasteiger partial charge in [0, 0.05) is 0 Å². The van der Waals surface area contributed by atoms with E-state index in [0.29, 0.717) is 11.5 Å². The molecule has 0 saturated carbocycles. The van der Waals surface area contributed by atoms with E-state index in [0.717, 1.165) is 12.8 Å². The maximum Gasteiger partial charge on any atom is 0.199 e. The fourth-order valence-electron chi connectivity index (χ4n) is 1.44. The van der Waals surface area contributed by atoms with Crippen LogP contribution >= 0.6 is 0 Å². The lowest BCUT2D eigenvalue weighted by Gasteiger charge is -2.12. The molecule has 0 aliphatic carbocycles. The Morgan fingerprint density at radius 1 is 1.56 bits per heavy atom. The van der Waals surface area contributed by atoms with Gasteiger partial charge in [-0.15, -0.1) is 11.5 Å². The van der Waals surface area contributed by atoms with E-state index >= 15 is 0 Å². The quantitative estimate of drug-likeness (QED) is 0.763. The van der Waals surface area contributed by atoms with Gasteiger partial charge in [0.1, 0.15) is 0 Å². The molecule has 0 amide bonds. The van der Waals surface area contributed by atoms with Crippen LogP contribution in [-0.4, -0.2) is 31.1 Å². The fraction of sp³-hybridized carbons (Fsp3) is 0.400. The Kier molecular flexibility index (Phi) is 2.96. The Hall–Kier alpha value is -2.16. The summed E-state index contributed by atoms with van der Waals surface area (Å²) in [7, 11) is 0. The molecule has 0 radical (unpaired) electrons. The summed E-state index contributed by atoms with van der Waals surface area (Å²) in [6.45, 7) is 2.09. The van der Waals surface area contributed by atoms with Gasteiger partial charge in [-0.1, -0.05) is 19.3 Å². The van der Waals surface area contributed by atoms with Gasteiger partial charge in [0.25, 0.3) is 0 Å². The smallest absolute Gasteiger partial charge is 0.199 e. The van der Waals surface area contributed by atoms with Gasteiger partial charge in [0.15, 0.2) is 11.5 Å². The molecule has 0 aliphatic heterocycles. The Morgan fingerprint density at radius 3 is 3.19 bits per heavy atom. The number of fused-ring (bicyclic) bond motifs is 1.